The molecule has 0 N–H and O–H groups in total. The van der Waals surface area contributed by atoms with Crippen molar-refractivity contribution in [3.8, 4) is 5.75 Å². The van der Waals surface area contributed by atoms with E-state index >= 15 is 0 Å². The predicted octanol–water partition coefficient (Wildman–Crippen LogP) is 3.03. The Morgan fingerprint density at radius 3 is 2.40 bits per heavy atom. The Labute approximate surface area is 147 Å². The molecule has 1 fully saturated rings. The van der Waals surface area contributed by atoms with Crippen LogP contribution < -0.4 is 9.64 Å². The number of aryl methyl sites for hydroxylation is 1. The molecule has 4 nitrogen and oxygen atoms in total. The minimum atomic E-state index is -0.232. The molecule has 3 rings (SSSR count). The third-order valence-corrected chi connectivity index (χ3v) is 4.60. The van der Waals surface area contributed by atoms with Crippen molar-refractivity contribution >= 4 is 11.6 Å². The van der Waals surface area contributed by atoms with Crippen molar-refractivity contribution in [2.24, 2.45) is 0 Å². The molecule has 5 heteroatoms. The van der Waals surface area contributed by atoms with Gasteiger partial charge < -0.3 is 14.5 Å². The lowest BCUT2D eigenvalue weighted by Gasteiger charge is -2.36. The maximum atomic E-state index is 13.0. The van der Waals surface area contributed by atoms with Gasteiger partial charge in [0.25, 0.3) is 0 Å². The molecule has 1 heterocycles. The van der Waals surface area contributed by atoms with Gasteiger partial charge in [0.2, 0.25) is 5.91 Å². The van der Waals surface area contributed by atoms with E-state index in [9.17, 15) is 9.18 Å². The number of hydrogen-bond acceptors (Lipinski definition) is 3. The first kappa shape index (κ1) is 17.3. The highest BCUT2D eigenvalue weighted by Gasteiger charge is 2.22. The average Bonchev–Trinajstić information content (AvgIpc) is 2.63. The van der Waals surface area contributed by atoms with Crippen LogP contribution in [-0.2, 0) is 11.2 Å². The Morgan fingerprint density at radius 1 is 1.08 bits per heavy atom. The summed E-state index contributed by atoms with van der Waals surface area (Å²) in [6.45, 7) is 4.86. The fourth-order valence-corrected chi connectivity index (χ4v) is 3.19. The maximum Gasteiger partial charge on any atom is 0.227 e. The van der Waals surface area contributed by atoms with E-state index in [1.165, 1.54) is 12.1 Å². The van der Waals surface area contributed by atoms with E-state index in [0.29, 0.717) is 19.5 Å². The molecule has 2 aromatic carbocycles. The predicted molar refractivity (Wildman–Crippen MR) is 96.6 cm³/mol. The van der Waals surface area contributed by atoms with Gasteiger partial charge in [-0.3, -0.25) is 4.79 Å². The Balaban J connectivity index is 1.60. The second-order valence-electron chi connectivity index (χ2n) is 6.34. The molecule has 1 saturated heterocycles. The molecule has 0 spiro atoms. The summed E-state index contributed by atoms with van der Waals surface area (Å²) in [5, 5.41) is 0. The fraction of sp³-hybridized carbons (Fsp3) is 0.350. The van der Waals surface area contributed by atoms with E-state index in [1.54, 1.807) is 19.2 Å². The summed E-state index contributed by atoms with van der Waals surface area (Å²) in [7, 11) is 1.63. The van der Waals surface area contributed by atoms with Gasteiger partial charge >= 0.3 is 0 Å². The molecular formula is C20H23FN2O2. The minimum absolute atomic E-state index is 0.114. The second kappa shape index (κ2) is 7.55. The van der Waals surface area contributed by atoms with Crippen molar-refractivity contribution in [2.45, 2.75) is 13.3 Å². The molecule has 25 heavy (non-hydrogen) atoms. The summed E-state index contributed by atoms with van der Waals surface area (Å²) in [5.74, 6) is 0.635. The lowest BCUT2D eigenvalue weighted by atomic mass is 10.1. The first-order valence-electron chi connectivity index (χ1n) is 8.48. The Kier molecular flexibility index (Phi) is 5.22. The fourth-order valence-electron chi connectivity index (χ4n) is 3.19. The Bertz CT molecular complexity index is 738. The highest BCUT2D eigenvalue weighted by Crippen LogP contribution is 2.22. The van der Waals surface area contributed by atoms with Crippen LogP contribution in [0.3, 0.4) is 0 Å². The van der Waals surface area contributed by atoms with Gasteiger partial charge in [-0.05, 0) is 37.3 Å². The monoisotopic (exact) mass is 342 g/mol. The zero-order valence-corrected chi connectivity index (χ0v) is 14.7. The molecule has 0 bridgehead atoms. The standard InChI is InChI=1S/C20H23FN2O2/c1-15-3-8-19(25-2)16(13-15)14-20(24)23-11-9-22(10-12-23)18-6-4-17(21)5-7-18/h3-8,13H,9-12,14H2,1-2H3. The zero-order valence-electron chi connectivity index (χ0n) is 14.7. The van der Waals surface area contributed by atoms with Crippen LogP contribution in [0.15, 0.2) is 42.5 Å². The third kappa shape index (κ3) is 4.10. The van der Waals surface area contributed by atoms with Crippen molar-refractivity contribution in [2.75, 3.05) is 38.2 Å². The number of amides is 1. The number of anilines is 1. The van der Waals surface area contributed by atoms with Crippen molar-refractivity contribution in [3.05, 3.63) is 59.4 Å². The van der Waals surface area contributed by atoms with Gasteiger partial charge in [-0.1, -0.05) is 17.7 Å². The molecule has 0 radical (unpaired) electrons. The number of carbonyl (C=O) groups excluding carboxylic acids is 1. The lowest BCUT2D eigenvalue weighted by Crippen LogP contribution is -2.49. The van der Waals surface area contributed by atoms with E-state index in [1.807, 2.05) is 30.0 Å². The second-order valence-corrected chi connectivity index (χ2v) is 6.34. The summed E-state index contributed by atoms with van der Waals surface area (Å²) in [6.07, 6.45) is 0.349. The number of nitrogens with zero attached hydrogens (tertiary/aromatic N) is 2. The summed E-state index contributed by atoms with van der Waals surface area (Å²) in [4.78, 5) is 16.7. The zero-order chi connectivity index (χ0) is 17.8. The molecule has 1 aliphatic rings. The Morgan fingerprint density at radius 2 is 1.76 bits per heavy atom. The van der Waals surface area contributed by atoms with Crippen LogP contribution in [0, 0.1) is 12.7 Å². The van der Waals surface area contributed by atoms with E-state index in [-0.39, 0.29) is 11.7 Å². The largest absolute Gasteiger partial charge is 0.496 e. The van der Waals surface area contributed by atoms with Crippen LogP contribution in [-0.4, -0.2) is 44.1 Å². The summed E-state index contributed by atoms with van der Waals surface area (Å²) >= 11 is 0. The smallest absolute Gasteiger partial charge is 0.227 e. The maximum absolute atomic E-state index is 13.0. The molecule has 0 atom stereocenters. The van der Waals surface area contributed by atoms with Crippen LogP contribution >= 0.6 is 0 Å². The van der Waals surface area contributed by atoms with E-state index in [4.69, 9.17) is 4.74 Å². The van der Waals surface area contributed by atoms with Crippen molar-refractivity contribution < 1.29 is 13.9 Å². The molecule has 0 saturated carbocycles. The molecular weight excluding hydrogens is 319 g/mol. The SMILES string of the molecule is COc1ccc(C)cc1CC(=O)N1CCN(c2ccc(F)cc2)CC1. The van der Waals surface area contributed by atoms with E-state index in [0.717, 1.165) is 35.7 Å². The van der Waals surface area contributed by atoms with Gasteiger partial charge in [-0.15, -0.1) is 0 Å². The average molecular weight is 342 g/mol. The molecule has 132 valence electrons. The third-order valence-electron chi connectivity index (χ3n) is 4.60. The van der Waals surface area contributed by atoms with Gasteiger partial charge in [0, 0.05) is 37.4 Å². The normalized spacial score (nSPS) is 14.5. The molecule has 1 aliphatic heterocycles. The number of methoxy groups -OCH3 is 1. The number of carbonyl (C=O) groups is 1. The number of ether oxygens (including phenoxy) is 1. The van der Waals surface area contributed by atoms with Crippen LogP contribution in [0.4, 0.5) is 10.1 Å². The number of hydrogen-bond donors (Lipinski definition) is 0. The topological polar surface area (TPSA) is 32.8 Å². The summed E-state index contributed by atoms with van der Waals surface area (Å²) < 4.78 is 18.4. The highest BCUT2D eigenvalue weighted by molar-refractivity contribution is 5.80. The molecule has 0 aliphatic carbocycles. The van der Waals surface area contributed by atoms with Crippen LogP contribution in [0.1, 0.15) is 11.1 Å². The van der Waals surface area contributed by atoms with Crippen molar-refractivity contribution in [3.63, 3.8) is 0 Å². The van der Waals surface area contributed by atoms with Gasteiger partial charge in [-0.2, -0.15) is 0 Å². The summed E-state index contributed by atoms with van der Waals surface area (Å²) in [6, 6.07) is 12.4. The summed E-state index contributed by atoms with van der Waals surface area (Å²) in [5.41, 5.74) is 3.03. The highest BCUT2D eigenvalue weighted by atomic mass is 19.1. The molecule has 0 unspecified atom stereocenters. The number of benzene rings is 2. The van der Waals surface area contributed by atoms with Gasteiger partial charge in [-0.25, -0.2) is 4.39 Å². The number of rotatable bonds is 4. The van der Waals surface area contributed by atoms with Crippen molar-refractivity contribution in [1.82, 2.24) is 4.90 Å². The minimum Gasteiger partial charge on any atom is -0.496 e. The van der Waals surface area contributed by atoms with Crippen molar-refractivity contribution in [1.29, 1.82) is 0 Å². The number of halogens is 1. The molecule has 1 amide bonds. The number of piperazine rings is 1. The van der Waals surface area contributed by atoms with E-state index in [2.05, 4.69) is 4.90 Å². The van der Waals surface area contributed by atoms with Gasteiger partial charge in [0.1, 0.15) is 11.6 Å². The molecule has 2 aromatic rings. The first-order valence-corrected chi connectivity index (χ1v) is 8.48. The lowest BCUT2D eigenvalue weighted by molar-refractivity contribution is -0.130. The van der Waals surface area contributed by atoms with Crippen LogP contribution in [0.25, 0.3) is 0 Å². The first-order chi connectivity index (χ1) is 12.1. The Hall–Kier alpha value is -2.56. The quantitative estimate of drug-likeness (QED) is 0.856. The van der Waals surface area contributed by atoms with Gasteiger partial charge in [0.15, 0.2) is 0 Å². The van der Waals surface area contributed by atoms with Crippen LogP contribution in [0.5, 0.6) is 5.75 Å². The molecule has 0 aromatic heterocycles. The van der Waals surface area contributed by atoms with Gasteiger partial charge in [0.05, 0.1) is 13.5 Å². The van der Waals surface area contributed by atoms with Crippen LogP contribution in [0.2, 0.25) is 0 Å². The van der Waals surface area contributed by atoms with E-state index < -0.39 is 0 Å².